The molecule has 0 bridgehead atoms. The number of nitrogens with zero attached hydrogens (tertiary/aromatic N) is 6. The molecule has 2 aromatic heterocycles. The molecule has 4 aliphatic rings. The molecule has 4 fully saturated rings. The third kappa shape index (κ3) is 13.8. The van der Waals surface area contributed by atoms with Crippen LogP contribution >= 0.6 is 0 Å². The number of benzene rings is 2. The van der Waals surface area contributed by atoms with Crippen LogP contribution in [0.15, 0.2) is 73.8 Å². The minimum Gasteiger partial charge on any atom is -0.543 e. The van der Waals surface area contributed by atoms with E-state index in [4.69, 9.17) is 24.5 Å². The van der Waals surface area contributed by atoms with Gasteiger partial charge in [0.2, 0.25) is 11.8 Å². The molecule has 21 nitrogen and oxygen atoms in total. The van der Waals surface area contributed by atoms with E-state index in [1.165, 1.54) is 35.8 Å². The molecule has 4 amide bonds. The van der Waals surface area contributed by atoms with Crippen molar-refractivity contribution in [2.24, 2.45) is 11.8 Å². The quantitative estimate of drug-likeness (QED) is 0.0432. The first-order valence-electron chi connectivity index (χ1n) is 25.5. The van der Waals surface area contributed by atoms with Crippen molar-refractivity contribution in [3.8, 4) is 11.5 Å². The summed E-state index contributed by atoms with van der Waals surface area (Å²) in [5.41, 5.74) is 7.61. The molecule has 412 valence electrons. The van der Waals surface area contributed by atoms with Crippen molar-refractivity contribution >= 4 is 75.3 Å². The third-order valence-corrected chi connectivity index (χ3v) is 14.0. The molecular weight excluding hydrogens is 1030 g/mol. The van der Waals surface area contributed by atoms with Crippen molar-refractivity contribution in [1.29, 1.82) is 0 Å². The summed E-state index contributed by atoms with van der Waals surface area (Å²) in [4.78, 5) is 116. The number of hydrogen-bond donors (Lipinski definition) is 2. The van der Waals surface area contributed by atoms with Crippen molar-refractivity contribution in [3.63, 3.8) is 0 Å². The van der Waals surface area contributed by atoms with Gasteiger partial charge in [-0.1, -0.05) is 24.3 Å². The number of Topliss-reactive ketones (excluding diaryl/α,β-unsaturated/α-hetero) is 3. The summed E-state index contributed by atoms with van der Waals surface area (Å²) in [7, 11) is 0. The van der Waals surface area contributed by atoms with Crippen molar-refractivity contribution in [2.45, 2.75) is 141 Å². The van der Waals surface area contributed by atoms with Gasteiger partial charge < -0.3 is 45.0 Å². The Hall–Kier alpha value is -7.32. The monoisotopic (exact) mass is 1090 g/mol. The summed E-state index contributed by atoms with van der Waals surface area (Å²) in [6.07, 6.45) is 2.46. The number of hydrogen-bond acceptors (Lipinski definition) is 15. The number of aromatic nitrogens is 2. The van der Waals surface area contributed by atoms with Crippen LogP contribution < -0.4 is 54.8 Å². The molecule has 0 spiro atoms. The fourth-order valence-electron chi connectivity index (χ4n) is 9.85. The predicted octanol–water partition coefficient (Wildman–Crippen LogP) is 2.75. The van der Waals surface area contributed by atoms with E-state index in [0.29, 0.717) is 40.4 Å². The molecule has 2 aliphatic carbocycles. The number of carbonyl (C=O) groups excluding carboxylic acids is 8. The molecule has 8 atom stereocenters. The number of ether oxygens (including phenoxy) is 4. The van der Waals surface area contributed by atoms with Gasteiger partial charge in [0.25, 0.3) is 5.78 Å². The van der Waals surface area contributed by atoms with Crippen LogP contribution in [0.2, 0.25) is 0 Å². The van der Waals surface area contributed by atoms with E-state index in [2.05, 4.69) is 38.5 Å². The van der Waals surface area contributed by atoms with Crippen LogP contribution in [-0.4, -0.2) is 138 Å². The van der Waals surface area contributed by atoms with Crippen LogP contribution in [0.25, 0.3) is 27.3 Å². The smallest absolute Gasteiger partial charge is 0.543 e. The SMILES string of the molecule is C=C[C@@H]1C[C@]1(NC(=O)[C@@H]1C[C@@H](Oc2cc(C(=O)C=[N+]=[N-])nc3cc(C)ccc23)CN1C(=O)OC(C)(C)C)C(C)=O.C=C[C@@H]1C[C@]1(NC(=O)[C@@H]1C[C@@H](Oc2cc(C(=O)[O-])nc3cc(C)ccc23)CN1C(=O)OC(C)(C)C)C(C)=O.[Na+]. The molecule has 22 heteroatoms. The maximum atomic E-state index is 13.5. The van der Waals surface area contributed by atoms with Gasteiger partial charge in [-0.2, -0.15) is 4.79 Å². The molecule has 8 rings (SSSR count). The van der Waals surface area contributed by atoms with Crippen molar-refractivity contribution < 1.29 is 96.8 Å². The number of carboxylic acids is 1. The number of aromatic carboxylic acids is 1. The Morgan fingerprint density at radius 1 is 0.684 bits per heavy atom. The number of likely N-dealkylation sites (tertiary alicyclic amines) is 2. The zero-order chi connectivity index (χ0) is 57.4. The molecular formula is C57H65N8NaO13. The Morgan fingerprint density at radius 2 is 1.08 bits per heavy atom. The number of fused-ring (bicyclic) bond motifs is 2. The van der Waals surface area contributed by atoms with Gasteiger partial charge in [-0.25, -0.2) is 19.6 Å². The second-order valence-electron chi connectivity index (χ2n) is 22.3. The first-order chi connectivity index (χ1) is 36.5. The fourth-order valence-corrected chi connectivity index (χ4v) is 9.85. The van der Waals surface area contributed by atoms with Crippen LogP contribution in [0.4, 0.5) is 9.59 Å². The Bertz CT molecular complexity index is 3220. The van der Waals surface area contributed by atoms with Crippen molar-refractivity contribution in [2.75, 3.05) is 13.1 Å². The molecule has 2 saturated carbocycles. The summed E-state index contributed by atoms with van der Waals surface area (Å²) in [5, 5.41) is 18.5. The van der Waals surface area contributed by atoms with Gasteiger partial charge in [-0.15, -0.1) is 13.2 Å². The van der Waals surface area contributed by atoms with E-state index in [1.54, 1.807) is 71.9 Å². The molecule has 2 N–H and O–H groups in total. The number of aryl methyl sites for hydroxylation is 2. The summed E-state index contributed by atoms with van der Waals surface area (Å²) >= 11 is 0. The molecule has 2 aliphatic heterocycles. The number of nitrogens with one attached hydrogen (secondary N) is 2. The van der Waals surface area contributed by atoms with Crippen LogP contribution in [0.3, 0.4) is 0 Å². The molecule has 79 heavy (non-hydrogen) atoms. The van der Waals surface area contributed by atoms with E-state index in [9.17, 15) is 43.5 Å². The van der Waals surface area contributed by atoms with E-state index in [1.807, 2.05) is 32.0 Å². The van der Waals surface area contributed by atoms with Crippen LogP contribution in [0.5, 0.6) is 11.5 Å². The molecule has 2 saturated heterocycles. The number of rotatable bonds is 15. The second-order valence-corrected chi connectivity index (χ2v) is 22.3. The summed E-state index contributed by atoms with van der Waals surface area (Å²) in [5.74, 6) is -3.19. The van der Waals surface area contributed by atoms with Gasteiger partial charge in [0.1, 0.15) is 63.8 Å². The van der Waals surface area contributed by atoms with Crippen LogP contribution in [-0.2, 0) is 28.7 Å². The minimum atomic E-state index is -1.45. The average molecular weight is 1090 g/mol. The molecule has 0 unspecified atom stereocenters. The van der Waals surface area contributed by atoms with Gasteiger partial charge >= 0.3 is 48.0 Å². The van der Waals surface area contributed by atoms with Crippen LogP contribution in [0.1, 0.15) is 113 Å². The summed E-state index contributed by atoms with van der Waals surface area (Å²) < 4.78 is 23.6. The number of carbonyl (C=O) groups is 8. The molecule has 4 heterocycles. The van der Waals surface area contributed by atoms with Crippen molar-refractivity contribution in [1.82, 2.24) is 30.4 Å². The molecule has 0 radical (unpaired) electrons. The van der Waals surface area contributed by atoms with E-state index in [0.717, 1.165) is 17.3 Å². The van der Waals surface area contributed by atoms with Gasteiger partial charge in [-0.05, 0) is 117 Å². The van der Waals surface area contributed by atoms with E-state index >= 15 is 0 Å². The maximum absolute atomic E-state index is 13.5. The van der Waals surface area contributed by atoms with E-state index < -0.39 is 82.3 Å². The van der Waals surface area contributed by atoms with Crippen LogP contribution in [0, 0.1) is 25.7 Å². The first kappa shape index (κ1) is 60.9. The zero-order valence-corrected chi connectivity index (χ0v) is 48.5. The molecule has 4 aromatic rings. The topological polar surface area (TPSA) is 289 Å². The van der Waals surface area contributed by atoms with Gasteiger partial charge in [0.15, 0.2) is 11.6 Å². The maximum Gasteiger partial charge on any atom is 1.00 e. The Balaban J connectivity index is 0.000000252. The number of carboxylic acid groups (broad SMARTS) is 1. The Labute approximate surface area is 479 Å². The van der Waals surface area contributed by atoms with Gasteiger partial charge in [0.05, 0.1) is 35.8 Å². The Kier molecular flexibility index (Phi) is 18.2. The zero-order valence-electron chi connectivity index (χ0n) is 46.5. The predicted molar refractivity (Wildman–Crippen MR) is 283 cm³/mol. The molecule has 2 aromatic carbocycles. The van der Waals surface area contributed by atoms with Gasteiger partial charge in [-0.3, -0.25) is 33.8 Å². The summed E-state index contributed by atoms with van der Waals surface area (Å²) in [6.45, 7) is 24.5. The third-order valence-electron chi connectivity index (χ3n) is 14.0. The standard InChI is InChI=1S/C29H33N5O6.C28H33N3O7.Na/c1-7-18-13-29(18,17(3)35)33-26(37)23-11-19(15-34(23)27(38)40-28(4,5)6)39-25-12-22(24(36)14-31-30)32-21-10-16(2)8-9-20(21)25;1-7-17-13-28(17,16(3)32)30-24(33)22-11-18(14-31(22)26(36)38-27(4,5)6)37-23-12-21(25(34)35)29-20-10-15(2)8-9-19(20)23;/h7-10,12,14,18-19,23H,1,11,13,15H2,2-6H3,(H,33,37);7-10,12,17-18,22H,1,11,13-14H2,2-6H3,(H,30,33)(H,34,35);/q;;+1/p-1/t18-,19-,23+,29+;17-,18-,22+,28+;/m11./s1. The second kappa shape index (κ2) is 23.6. The minimum absolute atomic E-state index is 0. The fraction of sp³-hybridized carbons (Fsp3) is 0.456. The largest absolute Gasteiger partial charge is 1.00 e. The first-order valence-corrected chi connectivity index (χ1v) is 25.5. The number of ketones is 3. The van der Waals surface area contributed by atoms with Gasteiger partial charge in [0, 0.05) is 47.6 Å². The summed E-state index contributed by atoms with van der Waals surface area (Å²) in [6, 6.07) is 11.6. The van der Waals surface area contributed by atoms with E-state index in [-0.39, 0.29) is 96.0 Å². The number of amides is 4. The Morgan fingerprint density at radius 3 is 1.42 bits per heavy atom. The average Bonchev–Trinajstić information content (AvgIpc) is 4.36. The normalized spacial score (nSPS) is 23.8. The number of pyridine rings is 2. The van der Waals surface area contributed by atoms with Crippen molar-refractivity contribution in [3.05, 3.63) is 102 Å².